The van der Waals surface area contributed by atoms with Crippen molar-refractivity contribution in [1.82, 2.24) is 24.6 Å². The average molecular weight is 535 g/mol. The number of benzene rings is 1. The Kier molecular flexibility index (Phi) is 6.11. The number of aromatic nitrogens is 4. The van der Waals surface area contributed by atoms with Crippen LogP contribution in [0.4, 0.5) is 10.6 Å². The van der Waals surface area contributed by atoms with Crippen molar-refractivity contribution in [1.29, 1.82) is 0 Å². The number of β-amino-alcohol motifs (C(OH)–C–C–N with tert-alkyl or cyclic N) is 1. The molecule has 3 aliphatic heterocycles. The number of fused-ring (bicyclic) bond motifs is 3. The molecule has 1 aromatic carbocycles. The van der Waals surface area contributed by atoms with Crippen LogP contribution in [0.5, 0.6) is 0 Å². The van der Waals surface area contributed by atoms with Gasteiger partial charge in [0.05, 0.1) is 42.6 Å². The first-order valence-electron chi connectivity index (χ1n) is 13.8. The lowest BCUT2D eigenvalue weighted by Crippen LogP contribution is -2.53. The number of likely N-dealkylation sites (tertiary alicyclic amines) is 1. The van der Waals surface area contributed by atoms with Gasteiger partial charge in [0.2, 0.25) is 0 Å². The predicted octanol–water partition coefficient (Wildman–Crippen LogP) is 3.89. The van der Waals surface area contributed by atoms with Crippen LogP contribution >= 0.6 is 0 Å². The minimum Gasteiger partial charge on any atom is -0.444 e. The zero-order valence-corrected chi connectivity index (χ0v) is 23.6. The lowest BCUT2D eigenvalue weighted by molar-refractivity contribution is -0.0459. The molecule has 6 rings (SSSR count). The van der Waals surface area contributed by atoms with Crippen LogP contribution in [0, 0.1) is 13.8 Å². The molecule has 3 fully saturated rings. The summed E-state index contributed by atoms with van der Waals surface area (Å²) < 4.78 is 13.2. The van der Waals surface area contributed by atoms with Crippen LogP contribution in [0.1, 0.15) is 63.4 Å². The second-order valence-electron chi connectivity index (χ2n) is 12.6. The number of anilines is 1. The Hall–Kier alpha value is -3.24. The number of hydrogen-bond donors (Lipinski definition) is 1. The number of aryl methyl sites for hydroxylation is 2. The van der Waals surface area contributed by atoms with Crippen molar-refractivity contribution in [2.24, 2.45) is 0 Å². The summed E-state index contributed by atoms with van der Waals surface area (Å²) in [6.07, 6.45) is 3.41. The first-order valence-corrected chi connectivity index (χ1v) is 13.8. The SMILES string of the molecule is Cc1nc(N2C[C@H]3C[C@@H]2CO3)cc(-n2ncc3cc(C)c(C4CCN(C(=O)OC(C)(C)C)CC4(C)O)cc32)n1. The van der Waals surface area contributed by atoms with Crippen LogP contribution in [0.15, 0.2) is 24.4 Å². The van der Waals surface area contributed by atoms with E-state index in [-0.39, 0.29) is 24.7 Å². The van der Waals surface area contributed by atoms with Gasteiger partial charge in [-0.15, -0.1) is 0 Å². The maximum Gasteiger partial charge on any atom is 0.410 e. The van der Waals surface area contributed by atoms with Gasteiger partial charge < -0.3 is 24.4 Å². The molecule has 3 saturated heterocycles. The molecule has 4 atom stereocenters. The largest absolute Gasteiger partial charge is 0.444 e. The number of amides is 1. The van der Waals surface area contributed by atoms with Crippen molar-refractivity contribution in [3.63, 3.8) is 0 Å². The second-order valence-corrected chi connectivity index (χ2v) is 12.6. The number of rotatable bonds is 3. The topological polar surface area (TPSA) is 106 Å². The molecule has 1 amide bonds. The summed E-state index contributed by atoms with van der Waals surface area (Å²) >= 11 is 0. The maximum atomic E-state index is 12.7. The van der Waals surface area contributed by atoms with Crippen LogP contribution in [-0.2, 0) is 9.47 Å². The Labute approximate surface area is 228 Å². The van der Waals surface area contributed by atoms with Gasteiger partial charge in [-0.25, -0.2) is 19.4 Å². The Bertz CT molecular complexity index is 1430. The number of aliphatic hydroxyl groups is 1. The van der Waals surface area contributed by atoms with Crippen LogP contribution in [0.3, 0.4) is 0 Å². The molecule has 2 bridgehead atoms. The van der Waals surface area contributed by atoms with Crippen molar-refractivity contribution >= 4 is 22.8 Å². The highest BCUT2D eigenvalue weighted by atomic mass is 16.6. The van der Waals surface area contributed by atoms with E-state index >= 15 is 0 Å². The summed E-state index contributed by atoms with van der Waals surface area (Å²) in [4.78, 5) is 26.1. The van der Waals surface area contributed by atoms with Crippen molar-refractivity contribution in [2.45, 2.75) is 83.6 Å². The molecule has 39 heavy (non-hydrogen) atoms. The molecule has 3 aromatic rings. The van der Waals surface area contributed by atoms with E-state index in [2.05, 4.69) is 24.0 Å². The lowest BCUT2D eigenvalue weighted by atomic mass is 9.76. The molecule has 208 valence electrons. The van der Waals surface area contributed by atoms with E-state index in [1.165, 1.54) is 0 Å². The van der Waals surface area contributed by atoms with Gasteiger partial charge in [-0.1, -0.05) is 0 Å². The number of nitrogens with zero attached hydrogens (tertiary/aromatic N) is 6. The van der Waals surface area contributed by atoms with E-state index in [1.807, 2.05) is 51.6 Å². The second kappa shape index (κ2) is 9.16. The van der Waals surface area contributed by atoms with E-state index in [4.69, 9.17) is 24.5 Å². The van der Waals surface area contributed by atoms with Crippen molar-refractivity contribution in [3.8, 4) is 5.82 Å². The van der Waals surface area contributed by atoms with Gasteiger partial charge >= 0.3 is 6.09 Å². The number of carbonyl (C=O) groups excluding carboxylic acids is 1. The zero-order chi connectivity index (χ0) is 27.7. The van der Waals surface area contributed by atoms with Crippen LogP contribution in [0.25, 0.3) is 16.7 Å². The smallest absolute Gasteiger partial charge is 0.410 e. The Morgan fingerprint density at radius 3 is 2.62 bits per heavy atom. The van der Waals surface area contributed by atoms with Crippen molar-refractivity contribution in [3.05, 3.63) is 41.3 Å². The van der Waals surface area contributed by atoms with Gasteiger partial charge in [-0.3, -0.25) is 0 Å². The standard InChI is InChI=1S/C29H38N6O4/c1-17-9-19-13-30-35(26-12-25(31-18(2)32-26)34-14-21-10-20(34)15-38-21)24(19)11-22(17)23-7-8-33(16-29(23,6)37)27(36)39-28(3,4)5/h9,11-13,20-21,23,37H,7-8,10,14-16H2,1-6H3/t20-,21-,23?,29?/m1/s1. The lowest BCUT2D eigenvalue weighted by Gasteiger charge is -2.43. The molecule has 3 aliphatic rings. The summed E-state index contributed by atoms with van der Waals surface area (Å²) in [5.41, 5.74) is 1.37. The Morgan fingerprint density at radius 2 is 1.95 bits per heavy atom. The third kappa shape index (κ3) is 4.84. The first kappa shape index (κ1) is 26.0. The monoisotopic (exact) mass is 534 g/mol. The molecule has 2 aromatic heterocycles. The van der Waals surface area contributed by atoms with E-state index < -0.39 is 11.2 Å². The molecule has 0 radical (unpaired) electrons. The number of piperidine rings is 1. The molecule has 10 heteroatoms. The van der Waals surface area contributed by atoms with Gasteiger partial charge in [0.25, 0.3) is 0 Å². The van der Waals surface area contributed by atoms with E-state index in [0.717, 1.165) is 53.2 Å². The highest BCUT2D eigenvalue weighted by Gasteiger charge is 2.42. The Morgan fingerprint density at radius 1 is 1.18 bits per heavy atom. The molecule has 2 unspecified atom stereocenters. The van der Waals surface area contributed by atoms with E-state index in [0.29, 0.717) is 24.8 Å². The fraction of sp³-hybridized carbons (Fsp3) is 0.586. The number of morpholine rings is 1. The average Bonchev–Trinajstić information content (AvgIpc) is 3.57. The molecule has 5 heterocycles. The fourth-order valence-electron chi connectivity index (χ4n) is 6.38. The predicted molar refractivity (Wildman–Crippen MR) is 147 cm³/mol. The molecule has 10 nitrogen and oxygen atoms in total. The number of ether oxygens (including phenoxy) is 2. The highest BCUT2D eigenvalue weighted by molar-refractivity contribution is 5.82. The minimum absolute atomic E-state index is 0.146. The minimum atomic E-state index is -1.12. The van der Waals surface area contributed by atoms with Crippen molar-refractivity contribution < 1.29 is 19.4 Å². The first-order chi connectivity index (χ1) is 18.4. The molecule has 0 spiro atoms. The third-order valence-electron chi connectivity index (χ3n) is 8.15. The summed E-state index contributed by atoms with van der Waals surface area (Å²) in [6.45, 7) is 13.7. The molecular formula is C29H38N6O4. The molecule has 1 N–H and O–H groups in total. The molecule has 0 aliphatic carbocycles. The van der Waals surface area contributed by atoms with Crippen LogP contribution < -0.4 is 4.90 Å². The Balaban J connectivity index is 1.32. The van der Waals surface area contributed by atoms with E-state index in [1.54, 1.807) is 4.90 Å². The fourth-order valence-corrected chi connectivity index (χ4v) is 6.38. The normalized spacial score (nSPS) is 27.0. The van der Waals surface area contributed by atoms with Gasteiger partial charge in [-0.05, 0) is 77.6 Å². The number of hydrogen-bond acceptors (Lipinski definition) is 8. The number of carbonyl (C=O) groups is 1. The van der Waals surface area contributed by atoms with Gasteiger partial charge in [0.1, 0.15) is 17.2 Å². The summed E-state index contributed by atoms with van der Waals surface area (Å²) in [7, 11) is 0. The zero-order valence-electron chi connectivity index (χ0n) is 23.6. The molecule has 0 saturated carbocycles. The molecular weight excluding hydrogens is 496 g/mol. The van der Waals surface area contributed by atoms with Crippen molar-refractivity contribution in [2.75, 3.05) is 31.1 Å². The third-order valence-corrected chi connectivity index (χ3v) is 8.15. The quantitative estimate of drug-likeness (QED) is 0.540. The van der Waals surface area contributed by atoms with Crippen LogP contribution in [-0.4, -0.2) is 85.4 Å². The summed E-state index contributed by atoms with van der Waals surface area (Å²) in [5.74, 6) is 2.17. The van der Waals surface area contributed by atoms with Crippen LogP contribution in [0.2, 0.25) is 0 Å². The van der Waals surface area contributed by atoms with E-state index in [9.17, 15) is 9.90 Å². The summed E-state index contributed by atoms with van der Waals surface area (Å²) in [6, 6.07) is 6.61. The van der Waals surface area contributed by atoms with Gasteiger partial charge in [0.15, 0.2) is 5.82 Å². The van der Waals surface area contributed by atoms with Gasteiger partial charge in [0, 0.05) is 30.5 Å². The maximum absolute atomic E-state index is 12.7. The van der Waals surface area contributed by atoms with Gasteiger partial charge in [-0.2, -0.15) is 5.10 Å². The summed E-state index contributed by atoms with van der Waals surface area (Å²) in [5, 5.41) is 17.3. The highest BCUT2D eigenvalue weighted by Crippen LogP contribution is 2.40.